The first-order chi connectivity index (χ1) is 13.8. The molecule has 2 amide bonds. The standard InChI is InChI=1S/C23H30BrN3O2/c1-5-27(16(2)3)15-18-7-9-19(10-8-18)23(29)25-13-12-22(28)26-21-14-20(24)11-6-17(21)4/h6-11,14,16H,5,12-13,15H2,1-4H3,(H,25,29)(H,26,28). The van der Waals surface area contributed by atoms with E-state index in [2.05, 4.69) is 52.2 Å². The van der Waals surface area contributed by atoms with Gasteiger partial charge in [0.15, 0.2) is 0 Å². The van der Waals surface area contributed by atoms with Crippen molar-refractivity contribution in [2.75, 3.05) is 18.4 Å². The van der Waals surface area contributed by atoms with Crippen molar-refractivity contribution in [3.63, 3.8) is 0 Å². The predicted octanol–water partition coefficient (Wildman–Crippen LogP) is 4.75. The number of carbonyl (C=O) groups excluding carboxylic acids is 2. The highest BCUT2D eigenvalue weighted by molar-refractivity contribution is 9.10. The fourth-order valence-electron chi connectivity index (χ4n) is 2.99. The average molecular weight is 460 g/mol. The van der Waals surface area contributed by atoms with E-state index in [9.17, 15) is 9.59 Å². The number of aryl methyl sites for hydroxylation is 1. The number of rotatable bonds is 9. The van der Waals surface area contributed by atoms with Gasteiger partial charge >= 0.3 is 0 Å². The molecule has 2 aromatic carbocycles. The Hall–Kier alpha value is -2.18. The van der Waals surface area contributed by atoms with E-state index in [0.717, 1.165) is 28.8 Å². The average Bonchev–Trinajstić information content (AvgIpc) is 2.69. The molecule has 0 saturated carbocycles. The van der Waals surface area contributed by atoms with Crippen molar-refractivity contribution in [2.24, 2.45) is 0 Å². The molecule has 0 saturated heterocycles. The van der Waals surface area contributed by atoms with Gasteiger partial charge in [0.05, 0.1) is 0 Å². The molecule has 0 radical (unpaired) electrons. The van der Waals surface area contributed by atoms with Crippen LogP contribution in [0.5, 0.6) is 0 Å². The number of amides is 2. The summed E-state index contributed by atoms with van der Waals surface area (Å²) in [6, 6.07) is 13.9. The van der Waals surface area contributed by atoms with Crippen LogP contribution in [-0.2, 0) is 11.3 Å². The fourth-order valence-corrected chi connectivity index (χ4v) is 3.35. The molecule has 0 unspecified atom stereocenters. The lowest BCUT2D eigenvalue weighted by Gasteiger charge is -2.24. The molecule has 0 fully saturated rings. The summed E-state index contributed by atoms with van der Waals surface area (Å²) in [4.78, 5) is 26.8. The zero-order chi connectivity index (χ0) is 21.4. The summed E-state index contributed by atoms with van der Waals surface area (Å²) in [5.41, 5.74) is 3.55. The molecule has 0 aliphatic carbocycles. The van der Waals surface area contributed by atoms with E-state index in [1.165, 1.54) is 5.56 Å². The van der Waals surface area contributed by atoms with Crippen molar-refractivity contribution in [3.8, 4) is 0 Å². The van der Waals surface area contributed by atoms with Crippen LogP contribution in [-0.4, -0.2) is 35.8 Å². The van der Waals surface area contributed by atoms with Gasteiger partial charge in [-0.2, -0.15) is 0 Å². The van der Waals surface area contributed by atoms with Crippen LogP contribution in [0.2, 0.25) is 0 Å². The Balaban J connectivity index is 1.81. The normalized spacial score (nSPS) is 11.0. The van der Waals surface area contributed by atoms with Gasteiger partial charge in [-0.05, 0) is 62.7 Å². The second-order valence-corrected chi connectivity index (χ2v) is 8.28. The summed E-state index contributed by atoms with van der Waals surface area (Å²) in [6.45, 7) is 10.6. The van der Waals surface area contributed by atoms with Gasteiger partial charge in [-0.25, -0.2) is 0 Å². The summed E-state index contributed by atoms with van der Waals surface area (Å²) in [7, 11) is 0. The molecule has 0 bridgehead atoms. The Morgan fingerprint density at radius 1 is 1.10 bits per heavy atom. The molecule has 0 aliphatic heterocycles. The maximum absolute atomic E-state index is 12.3. The molecule has 5 nitrogen and oxygen atoms in total. The van der Waals surface area contributed by atoms with Crippen LogP contribution < -0.4 is 10.6 Å². The van der Waals surface area contributed by atoms with Crippen molar-refractivity contribution in [1.82, 2.24) is 10.2 Å². The third-order valence-corrected chi connectivity index (χ3v) is 5.34. The molecule has 6 heteroatoms. The van der Waals surface area contributed by atoms with Gasteiger partial charge in [-0.3, -0.25) is 14.5 Å². The zero-order valence-electron chi connectivity index (χ0n) is 17.6. The third kappa shape index (κ3) is 7.29. The van der Waals surface area contributed by atoms with Gasteiger partial charge in [-0.1, -0.05) is 41.1 Å². The van der Waals surface area contributed by atoms with Crippen LogP contribution in [0.15, 0.2) is 46.9 Å². The van der Waals surface area contributed by atoms with Gasteiger partial charge in [-0.15, -0.1) is 0 Å². The van der Waals surface area contributed by atoms with E-state index < -0.39 is 0 Å². The molecular formula is C23H30BrN3O2. The van der Waals surface area contributed by atoms with Crippen LogP contribution in [0.1, 0.15) is 48.7 Å². The molecule has 29 heavy (non-hydrogen) atoms. The summed E-state index contributed by atoms with van der Waals surface area (Å²) in [5.74, 6) is -0.297. The number of halogens is 1. The maximum atomic E-state index is 12.3. The molecule has 0 aromatic heterocycles. The highest BCUT2D eigenvalue weighted by Crippen LogP contribution is 2.20. The van der Waals surface area contributed by atoms with Crippen LogP contribution in [0.3, 0.4) is 0 Å². The van der Waals surface area contributed by atoms with E-state index in [1.54, 1.807) is 0 Å². The molecule has 156 valence electrons. The van der Waals surface area contributed by atoms with Gasteiger partial charge in [0.25, 0.3) is 5.91 Å². The van der Waals surface area contributed by atoms with Gasteiger partial charge in [0.1, 0.15) is 0 Å². The van der Waals surface area contributed by atoms with Crippen molar-refractivity contribution in [3.05, 3.63) is 63.6 Å². The first-order valence-electron chi connectivity index (χ1n) is 9.97. The SMILES string of the molecule is CCN(Cc1ccc(C(=O)NCCC(=O)Nc2cc(Br)ccc2C)cc1)C(C)C. The fraction of sp³-hybridized carbons (Fsp3) is 0.391. The Morgan fingerprint density at radius 2 is 1.79 bits per heavy atom. The Kier molecular flexibility index (Phi) is 8.86. The highest BCUT2D eigenvalue weighted by atomic mass is 79.9. The van der Waals surface area contributed by atoms with E-state index >= 15 is 0 Å². The summed E-state index contributed by atoms with van der Waals surface area (Å²) in [6.07, 6.45) is 0.218. The molecule has 0 heterocycles. The zero-order valence-corrected chi connectivity index (χ0v) is 19.2. The van der Waals surface area contributed by atoms with Crippen molar-refractivity contribution < 1.29 is 9.59 Å². The van der Waals surface area contributed by atoms with Crippen LogP contribution in [0.25, 0.3) is 0 Å². The molecule has 0 atom stereocenters. The first kappa shape index (κ1) is 23.1. The summed E-state index contributed by atoms with van der Waals surface area (Å²) in [5, 5.41) is 5.69. The maximum Gasteiger partial charge on any atom is 0.251 e. The quantitative estimate of drug-likeness (QED) is 0.568. The Morgan fingerprint density at radius 3 is 2.41 bits per heavy atom. The second kappa shape index (κ2) is 11.1. The minimum Gasteiger partial charge on any atom is -0.352 e. The number of benzene rings is 2. The minimum atomic E-state index is -0.167. The third-order valence-electron chi connectivity index (χ3n) is 4.85. The van der Waals surface area contributed by atoms with Crippen molar-refractivity contribution in [2.45, 2.75) is 46.7 Å². The topological polar surface area (TPSA) is 61.4 Å². The molecule has 0 aliphatic rings. The molecular weight excluding hydrogens is 430 g/mol. The smallest absolute Gasteiger partial charge is 0.251 e. The van der Waals surface area contributed by atoms with E-state index in [1.807, 2.05) is 49.4 Å². The van der Waals surface area contributed by atoms with E-state index in [4.69, 9.17) is 0 Å². The monoisotopic (exact) mass is 459 g/mol. The number of anilines is 1. The van der Waals surface area contributed by atoms with E-state index in [0.29, 0.717) is 11.6 Å². The van der Waals surface area contributed by atoms with Crippen LogP contribution >= 0.6 is 15.9 Å². The lowest BCUT2D eigenvalue weighted by Crippen LogP contribution is -2.30. The largest absolute Gasteiger partial charge is 0.352 e. The predicted molar refractivity (Wildman–Crippen MR) is 122 cm³/mol. The first-order valence-corrected chi connectivity index (χ1v) is 10.8. The van der Waals surface area contributed by atoms with Crippen molar-refractivity contribution in [1.29, 1.82) is 0 Å². The molecule has 2 rings (SSSR count). The number of carbonyl (C=O) groups is 2. The number of nitrogens with one attached hydrogen (secondary N) is 2. The lowest BCUT2D eigenvalue weighted by atomic mass is 10.1. The number of hydrogen-bond acceptors (Lipinski definition) is 3. The molecule has 2 N–H and O–H groups in total. The van der Waals surface area contributed by atoms with Gasteiger partial charge < -0.3 is 10.6 Å². The van der Waals surface area contributed by atoms with Crippen LogP contribution in [0, 0.1) is 6.92 Å². The van der Waals surface area contributed by atoms with Gasteiger partial charge in [0, 0.05) is 41.3 Å². The minimum absolute atomic E-state index is 0.129. The Bertz CT molecular complexity index is 835. The molecule has 0 spiro atoms. The number of nitrogens with zero attached hydrogens (tertiary/aromatic N) is 1. The number of hydrogen-bond donors (Lipinski definition) is 2. The summed E-state index contributed by atoms with van der Waals surface area (Å²) < 4.78 is 0.908. The van der Waals surface area contributed by atoms with Gasteiger partial charge in [0.2, 0.25) is 5.91 Å². The van der Waals surface area contributed by atoms with Crippen LogP contribution in [0.4, 0.5) is 5.69 Å². The van der Waals surface area contributed by atoms with Crippen molar-refractivity contribution >= 4 is 33.4 Å². The second-order valence-electron chi connectivity index (χ2n) is 7.37. The lowest BCUT2D eigenvalue weighted by molar-refractivity contribution is -0.116. The highest BCUT2D eigenvalue weighted by Gasteiger charge is 2.10. The molecule has 2 aromatic rings. The summed E-state index contributed by atoms with van der Waals surface area (Å²) >= 11 is 3.40. The van der Waals surface area contributed by atoms with E-state index in [-0.39, 0.29) is 24.8 Å². The Labute approximate surface area is 182 Å².